The Morgan fingerprint density at radius 3 is 2.55 bits per heavy atom. The topological polar surface area (TPSA) is 140 Å². The van der Waals surface area contributed by atoms with Crippen LogP contribution in [-0.4, -0.2) is 73.1 Å². The van der Waals surface area contributed by atoms with Crippen LogP contribution in [0.15, 0.2) is 58.6 Å². The number of hydrogen-bond acceptors (Lipinski definition) is 9. The highest BCUT2D eigenvalue weighted by atomic mass is 32.1. The molecule has 0 radical (unpaired) electrons. The maximum absolute atomic E-state index is 13.8. The molecule has 246 valence electrons. The lowest BCUT2D eigenvalue weighted by Crippen LogP contribution is -2.47. The Morgan fingerprint density at radius 1 is 1.14 bits per heavy atom. The van der Waals surface area contributed by atoms with Gasteiger partial charge in [0.15, 0.2) is 0 Å². The number of rotatable bonds is 9. The summed E-state index contributed by atoms with van der Waals surface area (Å²) in [7, 11) is 0. The van der Waals surface area contributed by atoms with E-state index >= 15 is 0 Å². The quantitative estimate of drug-likeness (QED) is 0.131. The SMILES string of the molecule is C/C=C(C)/C=C(\C)C(O)C(C)[C@@H]1OC(=O)/C(CCCCCC)=C/c2csc(n2)[C@@H](C)[C@H](O)C[C@@H](O)/C=C/C=C\C[C@@H](O)[C@@H]1O. The van der Waals surface area contributed by atoms with Crippen LogP contribution in [0, 0.1) is 5.92 Å². The van der Waals surface area contributed by atoms with Crippen LogP contribution in [0.5, 0.6) is 0 Å². The summed E-state index contributed by atoms with van der Waals surface area (Å²) in [5.74, 6) is -1.71. The van der Waals surface area contributed by atoms with Crippen LogP contribution in [0.3, 0.4) is 0 Å². The number of esters is 1. The molecule has 8 atom stereocenters. The van der Waals surface area contributed by atoms with Gasteiger partial charge in [-0.2, -0.15) is 0 Å². The largest absolute Gasteiger partial charge is 0.456 e. The van der Waals surface area contributed by atoms with Gasteiger partial charge in [-0.25, -0.2) is 9.78 Å². The monoisotopic (exact) mass is 631 g/mol. The van der Waals surface area contributed by atoms with Crippen molar-refractivity contribution in [3.05, 3.63) is 69.3 Å². The van der Waals surface area contributed by atoms with Gasteiger partial charge in [-0.1, -0.05) is 82.1 Å². The molecule has 2 unspecified atom stereocenters. The molecule has 1 aliphatic rings. The minimum Gasteiger partial charge on any atom is -0.456 e. The number of carbonyl (C=O) groups is 1. The Hall–Kier alpha value is -2.40. The van der Waals surface area contributed by atoms with E-state index in [9.17, 15) is 30.3 Å². The lowest BCUT2D eigenvalue weighted by molar-refractivity contribution is -0.164. The standard InChI is InChI=1S/C35H53NO7S/c1-7-9-10-12-15-26-19-27-21-44-34(36-27)24(5)30(39)20-28(37)16-13-11-14-17-29(38)32(41)33(43-35(26)42)25(6)31(40)23(4)18-22(3)8-2/h8,11,13-14,16,18-19,21,24-25,28-33,37-41H,7,9-10,12,15,17,20H2,1-6H3/b14-11-,16-13+,22-8+,23-18+,26-19+/t24-,25?,28-,29+,30+,31?,32-,33-/m0/s1. The molecule has 1 aliphatic heterocycles. The first kappa shape index (κ1) is 37.8. The molecule has 0 aromatic carbocycles. The summed E-state index contributed by atoms with van der Waals surface area (Å²) in [5, 5.41) is 57.1. The number of fused-ring (bicyclic) bond motifs is 2. The smallest absolute Gasteiger partial charge is 0.334 e. The number of unbranched alkanes of at least 4 members (excludes halogenated alkanes) is 3. The average Bonchev–Trinajstić information content (AvgIpc) is 3.47. The van der Waals surface area contributed by atoms with Crippen LogP contribution in [-0.2, 0) is 9.53 Å². The minimum absolute atomic E-state index is 0.0473. The fourth-order valence-electron chi connectivity index (χ4n) is 5.08. The molecule has 0 saturated heterocycles. The van der Waals surface area contributed by atoms with Gasteiger partial charge in [-0.3, -0.25) is 0 Å². The van der Waals surface area contributed by atoms with Crippen LogP contribution in [0.4, 0.5) is 0 Å². The lowest BCUT2D eigenvalue weighted by atomic mass is 9.87. The fourth-order valence-corrected chi connectivity index (χ4v) is 5.97. The average molecular weight is 632 g/mol. The van der Waals surface area contributed by atoms with Gasteiger partial charge < -0.3 is 30.3 Å². The number of allylic oxidation sites excluding steroid dienone is 5. The molecular formula is C35H53NO7S. The van der Waals surface area contributed by atoms with Crippen LogP contribution >= 0.6 is 11.3 Å². The summed E-state index contributed by atoms with van der Waals surface area (Å²) in [6, 6.07) is 0. The Kier molecular flexibility index (Phi) is 16.5. The molecule has 2 bridgehead atoms. The Balaban J connectivity index is 2.55. The summed E-state index contributed by atoms with van der Waals surface area (Å²) in [4.78, 5) is 18.4. The number of ether oxygens (including phenoxy) is 1. The number of carbonyl (C=O) groups excluding carboxylic acids is 1. The summed E-state index contributed by atoms with van der Waals surface area (Å²) in [5.41, 5.74) is 2.54. The molecule has 0 aliphatic carbocycles. The molecule has 0 fully saturated rings. The van der Waals surface area contributed by atoms with Gasteiger partial charge in [-0.15, -0.1) is 11.3 Å². The van der Waals surface area contributed by atoms with E-state index in [2.05, 4.69) is 11.9 Å². The Bertz CT molecular complexity index is 1180. The number of cyclic esters (lactones) is 1. The van der Waals surface area contributed by atoms with Crippen LogP contribution < -0.4 is 0 Å². The Labute approximate surface area is 267 Å². The number of nitrogens with zero attached hydrogens (tertiary/aromatic N) is 1. The van der Waals surface area contributed by atoms with Gasteiger partial charge in [-0.05, 0) is 51.7 Å². The van der Waals surface area contributed by atoms with Crippen molar-refractivity contribution in [1.82, 2.24) is 4.98 Å². The third-order valence-electron chi connectivity index (χ3n) is 8.20. The van der Waals surface area contributed by atoms with Gasteiger partial charge in [0.1, 0.15) is 12.2 Å². The maximum Gasteiger partial charge on any atom is 0.334 e. The number of hydrogen-bond donors (Lipinski definition) is 5. The lowest BCUT2D eigenvalue weighted by Gasteiger charge is -2.34. The van der Waals surface area contributed by atoms with Crippen molar-refractivity contribution in [2.24, 2.45) is 5.92 Å². The second-order valence-electron chi connectivity index (χ2n) is 12.0. The summed E-state index contributed by atoms with van der Waals surface area (Å²) in [6.45, 7) is 11.3. The van der Waals surface area contributed by atoms with E-state index in [0.29, 0.717) is 28.3 Å². The van der Waals surface area contributed by atoms with Crippen molar-refractivity contribution in [3.8, 4) is 0 Å². The van der Waals surface area contributed by atoms with Gasteiger partial charge in [0.2, 0.25) is 0 Å². The normalized spacial score (nSPS) is 30.6. The van der Waals surface area contributed by atoms with E-state index in [4.69, 9.17) is 4.74 Å². The maximum atomic E-state index is 13.8. The van der Waals surface area contributed by atoms with Gasteiger partial charge >= 0.3 is 5.97 Å². The van der Waals surface area contributed by atoms with Crippen molar-refractivity contribution in [2.75, 3.05) is 0 Å². The van der Waals surface area contributed by atoms with Crippen LogP contribution in [0.1, 0.15) is 103 Å². The number of aromatic nitrogens is 1. The molecule has 1 aromatic rings. The highest BCUT2D eigenvalue weighted by molar-refractivity contribution is 7.09. The molecule has 5 N–H and O–H groups in total. The summed E-state index contributed by atoms with van der Waals surface area (Å²) in [6.07, 6.45) is 9.51. The second kappa shape index (κ2) is 19.2. The highest BCUT2D eigenvalue weighted by Gasteiger charge is 2.38. The van der Waals surface area contributed by atoms with E-state index < -0.39 is 48.5 Å². The fraction of sp³-hybridized carbons (Fsp3) is 0.600. The molecule has 0 spiro atoms. The predicted molar refractivity (Wildman–Crippen MR) is 177 cm³/mol. The molecule has 44 heavy (non-hydrogen) atoms. The van der Waals surface area contributed by atoms with Crippen LogP contribution in [0.25, 0.3) is 6.08 Å². The molecule has 2 rings (SSSR count). The zero-order valence-corrected chi connectivity index (χ0v) is 27.9. The van der Waals surface area contributed by atoms with Gasteiger partial charge in [0, 0.05) is 29.2 Å². The zero-order chi connectivity index (χ0) is 32.8. The van der Waals surface area contributed by atoms with Crippen molar-refractivity contribution < 1.29 is 35.1 Å². The molecule has 2 heterocycles. The molecular weight excluding hydrogens is 578 g/mol. The van der Waals surface area contributed by atoms with Gasteiger partial charge in [0.25, 0.3) is 0 Å². The van der Waals surface area contributed by atoms with Crippen molar-refractivity contribution in [1.29, 1.82) is 0 Å². The Morgan fingerprint density at radius 2 is 1.86 bits per heavy atom. The minimum atomic E-state index is -1.48. The summed E-state index contributed by atoms with van der Waals surface area (Å²) < 4.78 is 5.98. The first-order chi connectivity index (χ1) is 20.9. The first-order valence-electron chi connectivity index (χ1n) is 15.8. The molecule has 1 aromatic heterocycles. The molecule has 0 amide bonds. The highest BCUT2D eigenvalue weighted by Crippen LogP contribution is 2.29. The van der Waals surface area contributed by atoms with Crippen LogP contribution in [0.2, 0.25) is 0 Å². The molecule has 9 heteroatoms. The van der Waals surface area contributed by atoms with Crippen molar-refractivity contribution in [2.45, 2.75) is 129 Å². The van der Waals surface area contributed by atoms with Crippen molar-refractivity contribution in [3.63, 3.8) is 0 Å². The van der Waals surface area contributed by atoms with Crippen molar-refractivity contribution >= 4 is 23.4 Å². The van der Waals surface area contributed by atoms with E-state index in [1.807, 2.05) is 38.3 Å². The third-order valence-corrected chi connectivity index (χ3v) is 9.26. The first-order valence-corrected chi connectivity index (χ1v) is 16.7. The predicted octanol–water partition coefficient (Wildman–Crippen LogP) is 5.77. The third kappa shape index (κ3) is 11.8. The molecule has 0 saturated carbocycles. The molecule has 8 nitrogen and oxygen atoms in total. The van der Waals surface area contributed by atoms with E-state index in [1.54, 1.807) is 44.2 Å². The number of thiazole rings is 1. The number of aliphatic hydroxyl groups excluding tert-OH is 5. The zero-order valence-electron chi connectivity index (χ0n) is 27.1. The van der Waals surface area contributed by atoms with E-state index in [0.717, 1.165) is 31.3 Å². The number of aliphatic hydroxyl groups is 5. The summed E-state index contributed by atoms with van der Waals surface area (Å²) >= 11 is 1.37. The van der Waals surface area contributed by atoms with E-state index in [1.165, 1.54) is 11.3 Å². The second-order valence-corrected chi connectivity index (χ2v) is 12.8. The van der Waals surface area contributed by atoms with Gasteiger partial charge in [0.05, 0.1) is 35.1 Å². The van der Waals surface area contributed by atoms with E-state index in [-0.39, 0.29) is 18.8 Å².